The van der Waals surface area contributed by atoms with Crippen molar-refractivity contribution in [3.8, 4) is 16.8 Å². The van der Waals surface area contributed by atoms with Crippen molar-refractivity contribution in [2.24, 2.45) is 0 Å². The molecule has 0 bridgehead atoms. The monoisotopic (exact) mass is 396 g/mol. The van der Waals surface area contributed by atoms with Crippen molar-refractivity contribution in [1.29, 1.82) is 0 Å². The Morgan fingerprint density at radius 2 is 1.97 bits per heavy atom. The molecule has 0 aliphatic rings. The zero-order chi connectivity index (χ0) is 21.1. The molecule has 0 aliphatic heterocycles. The van der Waals surface area contributed by atoms with Gasteiger partial charge in [0, 0.05) is 23.1 Å². The number of nitrogens with one attached hydrogen (secondary N) is 1. The van der Waals surface area contributed by atoms with E-state index in [4.69, 9.17) is 0 Å². The summed E-state index contributed by atoms with van der Waals surface area (Å²) >= 11 is 0. The van der Waals surface area contributed by atoms with Crippen LogP contribution in [-0.2, 0) is 0 Å². The van der Waals surface area contributed by atoms with E-state index in [9.17, 15) is 14.3 Å². The third kappa shape index (κ3) is 4.51. The molecule has 1 aromatic heterocycles. The second kappa shape index (κ2) is 8.53. The highest BCUT2D eigenvalue weighted by Gasteiger charge is 2.17. The van der Waals surface area contributed by atoms with Crippen LogP contribution in [0.1, 0.15) is 48.4 Å². The predicted molar refractivity (Wildman–Crippen MR) is 110 cm³/mol. The van der Waals surface area contributed by atoms with Gasteiger partial charge in [-0.15, -0.1) is 0 Å². The predicted octanol–water partition coefficient (Wildman–Crippen LogP) is 3.62. The van der Waals surface area contributed by atoms with Crippen LogP contribution >= 0.6 is 0 Å². The van der Waals surface area contributed by atoms with E-state index in [1.165, 1.54) is 12.4 Å². The minimum atomic E-state index is -0.400. The number of aryl methyl sites for hydroxylation is 1. The van der Waals surface area contributed by atoms with Crippen molar-refractivity contribution in [1.82, 2.24) is 20.1 Å². The van der Waals surface area contributed by atoms with Crippen LogP contribution in [-0.4, -0.2) is 38.4 Å². The lowest BCUT2D eigenvalue weighted by Gasteiger charge is -2.15. The van der Waals surface area contributed by atoms with E-state index in [2.05, 4.69) is 15.4 Å². The van der Waals surface area contributed by atoms with Crippen molar-refractivity contribution >= 4 is 5.91 Å². The topological polar surface area (TPSA) is 80.0 Å². The maximum absolute atomic E-state index is 14.6. The number of nitrogens with zero attached hydrogens (tertiary/aromatic N) is 3. The Hall–Kier alpha value is -3.06. The van der Waals surface area contributed by atoms with Crippen molar-refractivity contribution < 1.29 is 14.3 Å². The number of carbonyl (C=O) groups excluding carboxylic acids is 1. The van der Waals surface area contributed by atoms with E-state index in [1.807, 2.05) is 26.8 Å². The van der Waals surface area contributed by atoms with Crippen LogP contribution in [0.2, 0.25) is 0 Å². The summed E-state index contributed by atoms with van der Waals surface area (Å²) in [5.41, 5.74) is 2.74. The van der Waals surface area contributed by atoms with E-state index in [0.29, 0.717) is 22.4 Å². The Bertz CT molecular complexity index is 1030. The van der Waals surface area contributed by atoms with Crippen molar-refractivity contribution in [3.63, 3.8) is 0 Å². The normalized spacial score (nSPS) is 12.2. The SMILES string of the molecule is Cc1ccc(-c2cc(C(=O)N[C@@H](C)CO)cc(-n3ncnc3C(C)C)c2)c(F)c1. The molecular weight excluding hydrogens is 371 g/mol. The van der Waals surface area contributed by atoms with Gasteiger partial charge in [0.1, 0.15) is 18.0 Å². The number of benzene rings is 2. The van der Waals surface area contributed by atoms with Gasteiger partial charge in [0.2, 0.25) is 0 Å². The van der Waals surface area contributed by atoms with Crippen molar-refractivity contribution in [2.75, 3.05) is 6.61 Å². The van der Waals surface area contributed by atoms with Crippen LogP contribution < -0.4 is 5.32 Å². The number of aliphatic hydroxyl groups is 1. The average Bonchev–Trinajstić information content (AvgIpc) is 3.17. The lowest BCUT2D eigenvalue weighted by molar-refractivity contribution is 0.0922. The summed E-state index contributed by atoms with van der Waals surface area (Å²) in [7, 11) is 0. The Morgan fingerprint density at radius 3 is 2.62 bits per heavy atom. The standard InChI is InChI=1S/C22H25FN4O2/c1-13(2)21-24-12-25-27(21)18-9-16(19-6-5-14(3)7-20(19)23)8-17(10-18)22(29)26-15(4)11-28/h5-10,12-13,15,28H,11H2,1-4H3,(H,26,29)/t15-/m0/s1. The van der Waals surface area contributed by atoms with Gasteiger partial charge in [0.15, 0.2) is 0 Å². The molecule has 0 saturated heterocycles. The summed E-state index contributed by atoms with van der Waals surface area (Å²) in [5.74, 6) is 0.138. The summed E-state index contributed by atoms with van der Waals surface area (Å²) in [6.45, 7) is 7.35. The largest absolute Gasteiger partial charge is 0.394 e. The Labute approximate surface area is 169 Å². The molecular formula is C22H25FN4O2. The summed E-state index contributed by atoms with van der Waals surface area (Å²) in [5, 5.41) is 16.3. The molecule has 0 aliphatic carbocycles. The first kappa shape index (κ1) is 20.7. The number of hydrogen-bond acceptors (Lipinski definition) is 4. The zero-order valence-corrected chi connectivity index (χ0v) is 17.0. The molecule has 2 N–H and O–H groups in total. The minimum Gasteiger partial charge on any atom is -0.394 e. The molecule has 2 aromatic carbocycles. The molecule has 3 aromatic rings. The number of aliphatic hydroxyl groups excluding tert-OH is 1. The van der Waals surface area contributed by atoms with Gasteiger partial charge in [-0.2, -0.15) is 5.10 Å². The van der Waals surface area contributed by atoms with Gasteiger partial charge in [-0.25, -0.2) is 14.1 Å². The minimum absolute atomic E-state index is 0.115. The number of rotatable bonds is 6. The Balaban J connectivity index is 2.16. The highest BCUT2D eigenvalue weighted by atomic mass is 19.1. The highest BCUT2D eigenvalue weighted by molar-refractivity contribution is 5.96. The number of hydrogen-bond donors (Lipinski definition) is 2. The summed E-state index contributed by atoms with van der Waals surface area (Å²) in [4.78, 5) is 17.0. The molecule has 29 heavy (non-hydrogen) atoms. The van der Waals surface area contributed by atoms with E-state index >= 15 is 0 Å². The maximum Gasteiger partial charge on any atom is 0.251 e. The quantitative estimate of drug-likeness (QED) is 0.667. The first-order valence-corrected chi connectivity index (χ1v) is 9.53. The second-order valence-corrected chi connectivity index (χ2v) is 7.49. The fourth-order valence-electron chi connectivity index (χ4n) is 3.07. The molecule has 1 atom stereocenters. The van der Waals surface area contributed by atoms with Gasteiger partial charge in [0.25, 0.3) is 5.91 Å². The van der Waals surface area contributed by atoms with Crippen LogP contribution in [0.4, 0.5) is 4.39 Å². The first-order chi connectivity index (χ1) is 13.8. The zero-order valence-electron chi connectivity index (χ0n) is 17.0. The van der Waals surface area contributed by atoms with Gasteiger partial charge in [-0.1, -0.05) is 26.0 Å². The molecule has 0 radical (unpaired) electrons. The molecule has 6 nitrogen and oxygen atoms in total. The number of amides is 1. The van der Waals surface area contributed by atoms with Crippen LogP contribution in [0.25, 0.3) is 16.8 Å². The molecule has 1 heterocycles. The Kier molecular flexibility index (Phi) is 6.08. The van der Waals surface area contributed by atoms with Gasteiger partial charge in [0.05, 0.1) is 12.3 Å². The molecule has 0 fully saturated rings. The molecule has 152 valence electrons. The number of aromatic nitrogens is 3. The summed E-state index contributed by atoms with van der Waals surface area (Å²) in [6, 6.07) is 9.71. The van der Waals surface area contributed by atoms with Crippen molar-refractivity contribution in [2.45, 2.75) is 39.7 Å². The lowest BCUT2D eigenvalue weighted by Crippen LogP contribution is -2.35. The third-order valence-electron chi connectivity index (χ3n) is 4.60. The average molecular weight is 396 g/mol. The van der Waals surface area contributed by atoms with Gasteiger partial charge in [-0.3, -0.25) is 4.79 Å². The molecule has 7 heteroatoms. The highest BCUT2D eigenvalue weighted by Crippen LogP contribution is 2.28. The Morgan fingerprint density at radius 1 is 1.21 bits per heavy atom. The van der Waals surface area contributed by atoms with E-state index in [-0.39, 0.29) is 24.2 Å². The molecule has 0 unspecified atom stereocenters. The smallest absolute Gasteiger partial charge is 0.251 e. The maximum atomic E-state index is 14.6. The van der Waals surface area contributed by atoms with Crippen LogP contribution in [0.5, 0.6) is 0 Å². The van der Waals surface area contributed by atoms with E-state index < -0.39 is 6.04 Å². The summed E-state index contributed by atoms with van der Waals surface area (Å²) < 4.78 is 16.3. The number of halogens is 1. The van der Waals surface area contributed by atoms with Crippen LogP contribution in [0.15, 0.2) is 42.7 Å². The van der Waals surface area contributed by atoms with E-state index in [1.54, 1.807) is 35.9 Å². The molecule has 0 saturated carbocycles. The molecule has 3 rings (SSSR count). The fraction of sp³-hybridized carbons (Fsp3) is 0.318. The molecule has 1 amide bonds. The summed E-state index contributed by atoms with van der Waals surface area (Å²) in [6.07, 6.45) is 1.46. The van der Waals surface area contributed by atoms with Crippen LogP contribution in [0, 0.1) is 12.7 Å². The lowest BCUT2D eigenvalue weighted by atomic mass is 9.99. The van der Waals surface area contributed by atoms with Crippen LogP contribution in [0.3, 0.4) is 0 Å². The first-order valence-electron chi connectivity index (χ1n) is 9.53. The van der Waals surface area contributed by atoms with Gasteiger partial charge in [-0.05, 0) is 49.2 Å². The number of carbonyl (C=O) groups is 1. The van der Waals surface area contributed by atoms with Gasteiger partial charge < -0.3 is 10.4 Å². The molecule has 0 spiro atoms. The van der Waals surface area contributed by atoms with Gasteiger partial charge >= 0.3 is 0 Å². The second-order valence-electron chi connectivity index (χ2n) is 7.49. The van der Waals surface area contributed by atoms with E-state index in [0.717, 1.165) is 11.4 Å². The fourth-order valence-corrected chi connectivity index (χ4v) is 3.07. The third-order valence-corrected chi connectivity index (χ3v) is 4.60. The van der Waals surface area contributed by atoms with Crippen molar-refractivity contribution in [3.05, 3.63) is 65.5 Å².